The monoisotopic (exact) mass is 267 g/mol. The van der Waals surface area contributed by atoms with Gasteiger partial charge < -0.3 is 10.1 Å². The van der Waals surface area contributed by atoms with Gasteiger partial charge in [0.1, 0.15) is 0 Å². The second kappa shape index (κ2) is 9.42. The Morgan fingerprint density at radius 3 is 2.89 bits per heavy atom. The molecule has 0 aliphatic carbocycles. The SMILES string of the molecule is CCNCc1cccc(SCCOCC(C)C)c1. The van der Waals surface area contributed by atoms with Crippen LogP contribution in [0.15, 0.2) is 29.2 Å². The third kappa shape index (κ3) is 7.04. The molecule has 0 saturated heterocycles. The Morgan fingerprint density at radius 2 is 2.17 bits per heavy atom. The quantitative estimate of drug-likeness (QED) is 0.546. The largest absolute Gasteiger partial charge is 0.380 e. The van der Waals surface area contributed by atoms with E-state index in [0.717, 1.165) is 32.1 Å². The van der Waals surface area contributed by atoms with Gasteiger partial charge >= 0.3 is 0 Å². The van der Waals surface area contributed by atoms with Gasteiger partial charge in [0.25, 0.3) is 0 Å². The smallest absolute Gasteiger partial charge is 0.0560 e. The molecule has 0 aliphatic heterocycles. The Kier molecular flexibility index (Phi) is 8.14. The van der Waals surface area contributed by atoms with Crippen LogP contribution < -0.4 is 5.32 Å². The highest BCUT2D eigenvalue weighted by atomic mass is 32.2. The van der Waals surface area contributed by atoms with E-state index in [2.05, 4.69) is 50.4 Å². The molecule has 1 rings (SSSR count). The number of thioether (sulfide) groups is 1. The first-order valence-corrected chi connectivity index (χ1v) is 7.71. The van der Waals surface area contributed by atoms with E-state index in [1.165, 1.54) is 10.5 Å². The van der Waals surface area contributed by atoms with Gasteiger partial charge in [0.05, 0.1) is 6.61 Å². The van der Waals surface area contributed by atoms with Gasteiger partial charge in [-0.1, -0.05) is 32.9 Å². The van der Waals surface area contributed by atoms with Crippen LogP contribution >= 0.6 is 11.8 Å². The summed E-state index contributed by atoms with van der Waals surface area (Å²) in [5, 5.41) is 3.35. The zero-order valence-corrected chi connectivity index (χ0v) is 12.6. The maximum absolute atomic E-state index is 5.58. The van der Waals surface area contributed by atoms with Crippen LogP contribution in [0.2, 0.25) is 0 Å². The van der Waals surface area contributed by atoms with Gasteiger partial charge in [-0.15, -0.1) is 11.8 Å². The van der Waals surface area contributed by atoms with Crippen LogP contribution in [-0.2, 0) is 11.3 Å². The van der Waals surface area contributed by atoms with Gasteiger partial charge in [0.15, 0.2) is 0 Å². The van der Waals surface area contributed by atoms with Crippen molar-refractivity contribution in [3.8, 4) is 0 Å². The third-order valence-corrected chi connectivity index (χ3v) is 3.38. The number of nitrogens with one attached hydrogen (secondary N) is 1. The minimum absolute atomic E-state index is 0.624. The van der Waals surface area contributed by atoms with Crippen molar-refractivity contribution in [3.05, 3.63) is 29.8 Å². The van der Waals surface area contributed by atoms with Crippen molar-refractivity contribution in [2.75, 3.05) is 25.5 Å². The Balaban J connectivity index is 2.24. The van der Waals surface area contributed by atoms with Crippen LogP contribution in [0.4, 0.5) is 0 Å². The second-order valence-corrected chi connectivity index (χ2v) is 5.91. The summed E-state index contributed by atoms with van der Waals surface area (Å²) in [5.41, 5.74) is 1.35. The van der Waals surface area contributed by atoms with E-state index in [4.69, 9.17) is 4.74 Å². The van der Waals surface area contributed by atoms with Crippen molar-refractivity contribution >= 4 is 11.8 Å². The number of ether oxygens (including phenoxy) is 1. The Bertz CT molecular complexity index is 328. The maximum atomic E-state index is 5.58. The molecule has 1 N–H and O–H groups in total. The Hall–Kier alpha value is -0.510. The van der Waals surface area contributed by atoms with E-state index in [-0.39, 0.29) is 0 Å². The average Bonchev–Trinajstić information content (AvgIpc) is 2.36. The molecule has 102 valence electrons. The Morgan fingerprint density at radius 1 is 1.33 bits per heavy atom. The van der Waals surface area contributed by atoms with E-state index >= 15 is 0 Å². The summed E-state index contributed by atoms with van der Waals surface area (Å²) >= 11 is 1.87. The molecule has 0 aromatic heterocycles. The average molecular weight is 267 g/mol. The molecule has 0 atom stereocenters. The molecule has 0 heterocycles. The lowest BCUT2D eigenvalue weighted by Gasteiger charge is -2.08. The molecule has 2 nitrogen and oxygen atoms in total. The molecule has 1 aromatic rings. The van der Waals surface area contributed by atoms with Gasteiger partial charge in [-0.2, -0.15) is 0 Å². The lowest BCUT2D eigenvalue weighted by molar-refractivity contribution is 0.124. The molecule has 0 fully saturated rings. The van der Waals surface area contributed by atoms with Crippen molar-refractivity contribution in [2.24, 2.45) is 5.92 Å². The molecule has 1 aromatic carbocycles. The van der Waals surface area contributed by atoms with Gasteiger partial charge in [0, 0.05) is 23.8 Å². The first-order valence-electron chi connectivity index (χ1n) is 6.72. The highest BCUT2D eigenvalue weighted by molar-refractivity contribution is 7.99. The topological polar surface area (TPSA) is 21.3 Å². The van der Waals surface area contributed by atoms with Crippen LogP contribution in [0.25, 0.3) is 0 Å². The molecule has 0 saturated carbocycles. The van der Waals surface area contributed by atoms with Gasteiger partial charge in [-0.25, -0.2) is 0 Å². The normalized spacial score (nSPS) is 11.1. The first-order chi connectivity index (χ1) is 8.72. The molecule has 0 aliphatic rings. The van der Waals surface area contributed by atoms with Crippen molar-refractivity contribution in [1.82, 2.24) is 5.32 Å². The summed E-state index contributed by atoms with van der Waals surface area (Å²) in [6.45, 7) is 10.1. The predicted molar refractivity (Wildman–Crippen MR) is 80.2 cm³/mol. The van der Waals surface area contributed by atoms with Gasteiger partial charge in [-0.3, -0.25) is 0 Å². The summed E-state index contributed by atoms with van der Waals surface area (Å²) in [6, 6.07) is 8.73. The highest BCUT2D eigenvalue weighted by Gasteiger charge is 1.98. The number of rotatable bonds is 9. The van der Waals surface area contributed by atoms with E-state index in [1.807, 2.05) is 11.8 Å². The summed E-state index contributed by atoms with van der Waals surface area (Å²) in [5.74, 6) is 1.65. The molecule has 18 heavy (non-hydrogen) atoms. The standard InChI is InChI=1S/C15H25NOS/c1-4-16-11-14-6-5-7-15(10-14)18-9-8-17-12-13(2)3/h5-7,10,13,16H,4,8-9,11-12H2,1-3H3. The number of benzene rings is 1. The van der Waals surface area contributed by atoms with Crippen molar-refractivity contribution in [1.29, 1.82) is 0 Å². The summed E-state index contributed by atoms with van der Waals surface area (Å²) in [6.07, 6.45) is 0. The Labute approximate surface area is 116 Å². The van der Waals surface area contributed by atoms with Gasteiger partial charge in [-0.05, 0) is 30.2 Å². The van der Waals surface area contributed by atoms with Crippen LogP contribution in [0.3, 0.4) is 0 Å². The van der Waals surface area contributed by atoms with Gasteiger partial charge in [0.2, 0.25) is 0 Å². The third-order valence-electron chi connectivity index (χ3n) is 2.43. The summed E-state index contributed by atoms with van der Waals surface area (Å²) < 4.78 is 5.58. The van der Waals surface area contributed by atoms with Crippen LogP contribution in [0, 0.1) is 5.92 Å². The second-order valence-electron chi connectivity index (χ2n) is 4.74. The van der Waals surface area contributed by atoms with E-state index in [1.54, 1.807) is 0 Å². The zero-order chi connectivity index (χ0) is 13.2. The number of hydrogen-bond acceptors (Lipinski definition) is 3. The van der Waals surface area contributed by atoms with E-state index in [0.29, 0.717) is 5.92 Å². The first kappa shape index (κ1) is 15.5. The minimum atomic E-state index is 0.624. The fraction of sp³-hybridized carbons (Fsp3) is 0.600. The van der Waals surface area contributed by atoms with Crippen LogP contribution in [-0.4, -0.2) is 25.5 Å². The van der Waals surface area contributed by atoms with Crippen LogP contribution in [0.1, 0.15) is 26.3 Å². The fourth-order valence-corrected chi connectivity index (χ4v) is 2.40. The molecule has 0 radical (unpaired) electrons. The van der Waals surface area contributed by atoms with Crippen LogP contribution in [0.5, 0.6) is 0 Å². The molecular weight excluding hydrogens is 242 g/mol. The summed E-state index contributed by atoms with van der Waals surface area (Å²) in [4.78, 5) is 1.33. The molecule has 0 unspecified atom stereocenters. The fourth-order valence-electron chi connectivity index (χ4n) is 1.55. The zero-order valence-electron chi connectivity index (χ0n) is 11.7. The lowest BCUT2D eigenvalue weighted by atomic mass is 10.2. The van der Waals surface area contributed by atoms with Crippen molar-refractivity contribution in [2.45, 2.75) is 32.2 Å². The maximum Gasteiger partial charge on any atom is 0.0560 e. The van der Waals surface area contributed by atoms with Crippen molar-refractivity contribution in [3.63, 3.8) is 0 Å². The molecular formula is C15H25NOS. The highest BCUT2D eigenvalue weighted by Crippen LogP contribution is 2.19. The summed E-state index contributed by atoms with van der Waals surface area (Å²) in [7, 11) is 0. The minimum Gasteiger partial charge on any atom is -0.380 e. The molecule has 0 spiro atoms. The molecule has 3 heteroatoms. The van der Waals surface area contributed by atoms with E-state index < -0.39 is 0 Å². The lowest BCUT2D eigenvalue weighted by Crippen LogP contribution is -2.11. The van der Waals surface area contributed by atoms with E-state index in [9.17, 15) is 0 Å². The van der Waals surface area contributed by atoms with Crippen molar-refractivity contribution < 1.29 is 4.74 Å². The molecule has 0 bridgehead atoms. The number of hydrogen-bond donors (Lipinski definition) is 1. The predicted octanol–water partition coefficient (Wildman–Crippen LogP) is 3.56. The molecule has 0 amide bonds.